The van der Waals surface area contributed by atoms with E-state index in [1.807, 2.05) is 0 Å². The van der Waals surface area contributed by atoms with Crippen LogP contribution in [0.5, 0.6) is 0 Å². The smallest absolute Gasteiger partial charge is 0.00369 e. The molecule has 0 N–H and O–H groups in total. The van der Waals surface area contributed by atoms with Crippen LogP contribution in [0, 0.1) is 0 Å². The molecule has 19 heavy (non-hydrogen) atoms. The zero-order valence-corrected chi connectivity index (χ0v) is 16.0. The molecule has 0 unspecified atom stereocenters. The molecule has 0 aliphatic heterocycles. The van der Waals surface area contributed by atoms with Gasteiger partial charge in [0, 0.05) is 16.8 Å². The predicted octanol–water partition coefficient (Wildman–Crippen LogP) is 7.46. The summed E-state index contributed by atoms with van der Waals surface area (Å²) in [6.45, 7) is 2.28. The monoisotopic (exact) mass is 368 g/mol. The van der Waals surface area contributed by atoms with E-state index < -0.39 is 0 Å². The topological polar surface area (TPSA) is 0 Å². The Bertz CT molecular complexity index is 138. The molecular formula is C16H33BrS2. The highest BCUT2D eigenvalue weighted by Crippen LogP contribution is 2.24. The molecule has 0 heterocycles. The van der Waals surface area contributed by atoms with Crippen LogP contribution < -0.4 is 0 Å². The molecule has 0 radical (unpaired) electrons. The van der Waals surface area contributed by atoms with Gasteiger partial charge in [0.2, 0.25) is 0 Å². The molecule has 0 aliphatic rings. The predicted molar refractivity (Wildman–Crippen MR) is 99.8 cm³/mol. The van der Waals surface area contributed by atoms with Crippen molar-refractivity contribution >= 4 is 37.5 Å². The van der Waals surface area contributed by atoms with Crippen molar-refractivity contribution in [2.24, 2.45) is 0 Å². The highest BCUT2D eigenvalue weighted by atomic mass is 79.9. The van der Waals surface area contributed by atoms with Gasteiger partial charge in [0.25, 0.3) is 0 Å². The summed E-state index contributed by atoms with van der Waals surface area (Å²) < 4.78 is 0. The van der Waals surface area contributed by atoms with Crippen LogP contribution in [0.1, 0.15) is 84.0 Å². The van der Waals surface area contributed by atoms with Crippen LogP contribution in [0.25, 0.3) is 0 Å². The standard InChI is InChI=1S/C16H33BrS2/c1-2-3-12-15-18-19-16-13-10-8-6-4-5-7-9-11-14-17/h2-16H2,1H3. The van der Waals surface area contributed by atoms with Crippen molar-refractivity contribution in [1.82, 2.24) is 0 Å². The molecule has 0 amide bonds. The molecule has 0 fully saturated rings. The summed E-state index contributed by atoms with van der Waals surface area (Å²) in [6.07, 6.45) is 17.1. The fourth-order valence-electron chi connectivity index (χ4n) is 2.02. The Morgan fingerprint density at radius 1 is 0.579 bits per heavy atom. The van der Waals surface area contributed by atoms with Gasteiger partial charge < -0.3 is 0 Å². The third-order valence-electron chi connectivity index (χ3n) is 3.28. The van der Waals surface area contributed by atoms with Crippen LogP contribution in [0.2, 0.25) is 0 Å². The van der Waals surface area contributed by atoms with E-state index in [1.165, 1.54) is 93.9 Å². The van der Waals surface area contributed by atoms with Crippen LogP contribution in [-0.2, 0) is 0 Å². The van der Waals surface area contributed by atoms with Gasteiger partial charge in [-0.1, -0.05) is 102 Å². The SMILES string of the molecule is CCCCCSSCCCCCCCCCCCBr. The van der Waals surface area contributed by atoms with Crippen LogP contribution in [0.15, 0.2) is 0 Å². The summed E-state index contributed by atoms with van der Waals surface area (Å²) in [4.78, 5) is 0. The molecule has 0 aliphatic carbocycles. The van der Waals surface area contributed by atoms with Crippen LogP contribution in [-0.4, -0.2) is 16.8 Å². The fraction of sp³-hybridized carbons (Fsp3) is 1.00. The molecule has 0 atom stereocenters. The van der Waals surface area contributed by atoms with Crippen LogP contribution in [0.4, 0.5) is 0 Å². The maximum Gasteiger partial charge on any atom is 0.00369 e. The minimum atomic E-state index is 1.18. The second-order valence-electron chi connectivity index (χ2n) is 5.22. The lowest BCUT2D eigenvalue weighted by atomic mass is 10.1. The molecule has 0 rings (SSSR count). The number of rotatable bonds is 16. The zero-order valence-electron chi connectivity index (χ0n) is 12.8. The Kier molecular flexibility index (Phi) is 20.4. The number of halogens is 1. The Hall–Kier alpha value is 1.18. The molecule has 0 aromatic heterocycles. The average Bonchev–Trinajstić information content (AvgIpc) is 2.43. The summed E-state index contributed by atoms with van der Waals surface area (Å²) >= 11 is 3.49. The third kappa shape index (κ3) is 19.2. The first-order chi connectivity index (χ1) is 9.41. The Labute approximate surface area is 138 Å². The van der Waals surface area contributed by atoms with Crippen molar-refractivity contribution < 1.29 is 0 Å². The summed E-state index contributed by atoms with van der Waals surface area (Å²) in [5.74, 6) is 2.72. The molecule has 116 valence electrons. The second-order valence-corrected chi connectivity index (χ2v) is 8.72. The van der Waals surface area contributed by atoms with Gasteiger partial charge in [0.15, 0.2) is 0 Å². The quantitative estimate of drug-likeness (QED) is 0.157. The number of hydrogen-bond acceptors (Lipinski definition) is 2. The highest BCUT2D eigenvalue weighted by molar-refractivity contribution is 9.09. The second kappa shape index (κ2) is 19.2. The minimum absolute atomic E-state index is 1.18. The van der Waals surface area contributed by atoms with Gasteiger partial charge in [-0.25, -0.2) is 0 Å². The van der Waals surface area contributed by atoms with E-state index in [1.54, 1.807) is 0 Å². The van der Waals surface area contributed by atoms with Crippen LogP contribution in [0.3, 0.4) is 0 Å². The number of hydrogen-bond donors (Lipinski definition) is 0. The van der Waals surface area contributed by atoms with Gasteiger partial charge in [-0.15, -0.1) is 0 Å². The summed E-state index contributed by atoms with van der Waals surface area (Å²) in [5, 5.41) is 1.18. The van der Waals surface area contributed by atoms with Gasteiger partial charge in [0.05, 0.1) is 0 Å². The van der Waals surface area contributed by atoms with Gasteiger partial charge in [-0.05, 0) is 19.3 Å². The lowest BCUT2D eigenvalue weighted by Gasteiger charge is -2.02. The number of alkyl halides is 1. The molecule has 0 saturated heterocycles. The van der Waals surface area contributed by atoms with E-state index in [-0.39, 0.29) is 0 Å². The molecule has 0 aromatic rings. The van der Waals surface area contributed by atoms with E-state index in [9.17, 15) is 0 Å². The Balaban J connectivity index is 2.88. The third-order valence-corrected chi connectivity index (χ3v) is 6.41. The van der Waals surface area contributed by atoms with Crippen molar-refractivity contribution in [3.05, 3.63) is 0 Å². The van der Waals surface area contributed by atoms with Crippen molar-refractivity contribution in [3.8, 4) is 0 Å². The van der Waals surface area contributed by atoms with Crippen molar-refractivity contribution in [2.45, 2.75) is 84.0 Å². The summed E-state index contributed by atoms with van der Waals surface area (Å²) in [6, 6.07) is 0. The molecule has 0 aromatic carbocycles. The van der Waals surface area contributed by atoms with E-state index in [0.29, 0.717) is 0 Å². The molecule has 0 nitrogen and oxygen atoms in total. The molecule has 0 bridgehead atoms. The first-order valence-electron chi connectivity index (χ1n) is 8.22. The first kappa shape index (κ1) is 20.2. The maximum atomic E-state index is 3.49. The fourth-order valence-corrected chi connectivity index (χ4v) is 4.71. The zero-order chi connectivity index (χ0) is 14.0. The van der Waals surface area contributed by atoms with Gasteiger partial charge >= 0.3 is 0 Å². The summed E-state index contributed by atoms with van der Waals surface area (Å²) in [7, 11) is 4.18. The lowest BCUT2D eigenvalue weighted by molar-refractivity contribution is 0.574. The van der Waals surface area contributed by atoms with Crippen LogP contribution >= 0.6 is 37.5 Å². The Morgan fingerprint density at radius 2 is 1.00 bits per heavy atom. The average molecular weight is 369 g/mol. The summed E-state index contributed by atoms with van der Waals surface area (Å²) in [5.41, 5.74) is 0. The molecule has 3 heteroatoms. The van der Waals surface area contributed by atoms with E-state index in [0.717, 1.165) is 0 Å². The van der Waals surface area contributed by atoms with Crippen molar-refractivity contribution in [1.29, 1.82) is 0 Å². The molecule has 0 saturated carbocycles. The van der Waals surface area contributed by atoms with Crippen molar-refractivity contribution in [3.63, 3.8) is 0 Å². The minimum Gasteiger partial charge on any atom is -0.0942 e. The maximum absolute atomic E-state index is 3.49. The largest absolute Gasteiger partial charge is 0.0942 e. The van der Waals surface area contributed by atoms with Crippen molar-refractivity contribution in [2.75, 3.05) is 16.8 Å². The van der Waals surface area contributed by atoms with E-state index in [4.69, 9.17) is 0 Å². The highest BCUT2D eigenvalue weighted by Gasteiger charge is 1.94. The van der Waals surface area contributed by atoms with Gasteiger partial charge in [0.1, 0.15) is 0 Å². The molecular weight excluding hydrogens is 336 g/mol. The normalized spacial score (nSPS) is 11.1. The van der Waals surface area contributed by atoms with E-state index >= 15 is 0 Å². The van der Waals surface area contributed by atoms with Gasteiger partial charge in [-0.3, -0.25) is 0 Å². The van der Waals surface area contributed by atoms with Gasteiger partial charge in [-0.2, -0.15) is 0 Å². The number of unbranched alkanes of at least 4 members (excludes halogenated alkanes) is 10. The Morgan fingerprint density at radius 3 is 1.47 bits per heavy atom. The van der Waals surface area contributed by atoms with E-state index in [2.05, 4.69) is 44.4 Å². The lowest BCUT2D eigenvalue weighted by Crippen LogP contribution is -1.83. The molecule has 0 spiro atoms. The first-order valence-corrected chi connectivity index (χ1v) is 11.8.